The highest BCUT2D eigenvalue weighted by Gasteiger charge is 2.33. The van der Waals surface area contributed by atoms with Crippen LogP contribution in [0.3, 0.4) is 0 Å². The lowest BCUT2D eigenvalue weighted by Gasteiger charge is -2.32. The van der Waals surface area contributed by atoms with Gasteiger partial charge in [0.2, 0.25) is 11.0 Å². The first kappa shape index (κ1) is 20.6. The van der Waals surface area contributed by atoms with Crippen LogP contribution < -0.4 is 10.1 Å². The summed E-state index contributed by atoms with van der Waals surface area (Å²) in [6, 6.07) is 7.40. The van der Waals surface area contributed by atoms with E-state index in [0.717, 1.165) is 11.3 Å². The van der Waals surface area contributed by atoms with Crippen LogP contribution in [-0.4, -0.2) is 67.4 Å². The molecule has 28 heavy (non-hydrogen) atoms. The van der Waals surface area contributed by atoms with Crippen LogP contribution in [0.4, 0.5) is 5.13 Å². The number of nitrogens with one attached hydrogen (secondary N) is 1. The molecule has 0 aliphatic carbocycles. The van der Waals surface area contributed by atoms with Crippen molar-refractivity contribution in [1.29, 1.82) is 0 Å². The van der Waals surface area contributed by atoms with Gasteiger partial charge in [0.05, 0.1) is 13.0 Å². The second kappa shape index (κ2) is 8.52. The Morgan fingerprint density at radius 1 is 1.29 bits per heavy atom. The van der Waals surface area contributed by atoms with E-state index in [9.17, 15) is 13.2 Å². The lowest BCUT2D eigenvalue weighted by molar-refractivity contribution is -0.120. The summed E-state index contributed by atoms with van der Waals surface area (Å²) in [5, 5.41) is 12.0. The fraction of sp³-hybridized carbons (Fsp3) is 0.471. The molecule has 1 aromatic heterocycles. The number of carbonyl (C=O) groups is 1. The van der Waals surface area contributed by atoms with Crippen molar-refractivity contribution >= 4 is 32.6 Å². The van der Waals surface area contributed by atoms with Crippen LogP contribution in [0.25, 0.3) is 10.6 Å². The van der Waals surface area contributed by atoms with Gasteiger partial charge in [-0.1, -0.05) is 11.3 Å². The van der Waals surface area contributed by atoms with E-state index in [1.165, 1.54) is 34.0 Å². The molecule has 2 aromatic rings. The van der Waals surface area contributed by atoms with Crippen molar-refractivity contribution < 1.29 is 17.9 Å². The number of anilines is 1. The zero-order valence-electron chi connectivity index (χ0n) is 16.0. The summed E-state index contributed by atoms with van der Waals surface area (Å²) in [6.07, 6.45) is 1.27. The highest BCUT2D eigenvalue weighted by Crippen LogP contribution is 2.29. The third kappa shape index (κ3) is 4.49. The summed E-state index contributed by atoms with van der Waals surface area (Å²) in [5.74, 6) is 0.0872. The van der Waals surface area contributed by atoms with Gasteiger partial charge in [0.15, 0.2) is 0 Å². The van der Waals surface area contributed by atoms with E-state index in [4.69, 9.17) is 4.74 Å². The van der Waals surface area contributed by atoms with Gasteiger partial charge in [0.25, 0.3) is 10.2 Å². The molecule has 0 radical (unpaired) electrons. The molecular weight excluding hydrogens is 402 g/mol. The first-order valence-electron chi connectivity index (χ1n) is 8.77. The molecule has 9 nitrogen and oxygen atoms in total. The number of ether oxygens (including phenoxy) is 1. The minimum absolute atomic E-state index is 0.163. The summed E-state index contributed by atoms with van der Waals surface area (Å²) < 4.78 is 32.3. The van der Waals surface area contributed by atoms with E-state index in [0.29, 0.717) is 29.5 Å². The number of benzene rings is 1. The summed E-state index contributed by atoms with van der Waals surface area (Å²) >= 11 is 1.27. The monoisotopic (exact) mass is 425 g/mol. The number of methoxy groups -OCH3 is 1. The third-order valence-corrected chi connectivity index (χ3v) is 7.33. The smallest absolute Gasteiger partial charge is 0.281 e. The van der Waals surface area contributed by atoms with Gasteiger partial charge in [0.1, 0.15) is 10.8 Å². The molecule has 3 rings (SSSR count). The van der Waals surface area contributed by atoms with Gasteiger partial charge in [-0.05, 0) is 37.1 Å². The molecule has 0 spiro atoms. The Hall–Kier alpha value is -2.08. The minimum atomic E-state index is -3.53. The molecule has 11 heteroatoms. The number of hydrogen-bond donors (Lipinski definition) is 1. The third-order valence-electron chi connectivity index (χ3n) is 4.53. The van der Waals surface area contributed by atoms with Crippen molar-refractivity contribution in [2.45, 2.75) is 12.8 Å². The minimum Gasteiger partial charge on any atom is -0.497 e. The van der Waals surface area contributed by atoms with Gasteiger partial charge in [-0.15, -0.1) is 10.2 Å². The highest BCUT2D eigenvalue weighted by atomic mass is 32.2. The van der Waals surface area contributed by atoms with Crippen LogP contribution in [0.2, 0.25) is 0 Å². The SMILES string of the molecule is COc1ccc(-c2nnc(NC(=O)[C@H]3CCCN(S(=O)(=O)N(C)C)C3)s2)cc1. The van der Waals surface area contributed by atoms with Gasteiger partial charge < -0.3 is 10.1 Å². The highest BCUT2D eigenvalue weighted by molar-refractivity contribution is 7.86. The number of nitrogens with zero attached hydrogens (tertiary/aromatic N) is 4. The van der Waals surface area contributed by atoms with Gasteiger partial charge in [-0.2, -0.15) is 17.0 Å². The zero-order valence-corrected chi connectivity index (χ0v) is 17.6. The molecule has 2 heterocycles. The van der Waals surface area contributed by atoms with E-state index >= 15 is 0 Å². The Morgan fingerprint density at radius 2 is 2.00 bits per heavy atom. The standard InChI is InChI=1S/C17H23N5O4S2/c1-21(2)28(24,25)22-10-4-5-13(11-22)15(23)18-17-20-19-16(27-17)12-6-8-14(26-3)9-7-12/h6-9,13H,4-5,10-11H2,1-3H3,(H,18,20,23)/t13-/m0/s1. The van der Waals surface area contributed by atoms with Gasteiger partial charge in [-0.25, -0.2) is 0 Å². The molecule has 1 atom stereocenters. The lowest BCUT2D eigenvalue weighted by atomic mass is 9.99. The fourth-order valence-corrected chi connectivity index (χ4v) is 4.87. The van der Waals surface area contributed by atoms with E-state index in [-0.39, 0.29) is 12.5 Å². The molecule has 0 unspecified atom stereocenters. The molecule has 1 aliphatic heterocycles. The molecule has 152 valence electrons. The number of carbonyl (C=O) groups excluding carboxylic acids is 1. The Morgan fingerprint density at radius 3 is 2.64 bits per heavy atom. The van der Waals surface area contributed by atoms with Crippen molar-refractivity contribution in [3.05, 3.63) is 24.3 Å². The van der Waals surface area contributed by atoms with Crippen molar-refractivity contribution in [3.63, 3.8) is 0 Å². The van der Waals surface area contributed by atoms with Crippen molar-refractivity contribution in [2.75, 3.05) is 39.6 Å². The average Bonchev–Trinajstić information content (AvgIpc) is 3.16. The van der Waals surface area contributed by atoms with Crippen molar-refractivity contribution in [3.8, 4) is 16.3 Å². The molecule has 1 aromatic carbocycles. The number of piperidine rings is 1. The Balaban J connectivity index is 1.65. The maximum Gasteiger partial charge on any atom is 0.281 e. The molecular formula is C17H23N5O4S2. The summed E-state index contributed by atoms with van der Waals surface area (Å²) in [7, 11) is 1.05. The Bertz CT molecular complexity index is 927. The van der Waals surface area contributed by atoms with E-state index < -0.39 is 16.1 Å². The largest absolute Gasteiger partial charge is 0.497 e. The fourth-order valence-electron chi connectivity index (χ4n) is 2.93. The van der Waals surface area contributed by atoms with Crippen molar-refractivity contribution in [2.24, 2.45) is 5.92 Å². The second-order valence-electron chi connectivity index (χ2n) is 6.62. The molecule has 0 saturated carbocycles. The molecule has 1 N–H and O–H groups in total. The topological polar surface area (TPSA) is 105 Å². The molecule has 1 aliphatic rings. The zero-order chi connectivity index (χ0) is 20.3. The molecule has 1 amide bonds. The summed E-state index contributed by atoms with van der Waals surface area (Å²) in [4.78, 5) is 12.6. The lowest BCUT2D eigenvalue weighted by Crippen LogP contribution is -2.47. The second-order valence-corrected chi connectivity index (χ2v) is 9.74. The van der Waals surface area contributed by atoms with E-state index in [1.807, 2.05) is 24.3 Å². The quantitative estimate of drug-likeness (QED) is 0.755. The number of aromatic nitrogens is 2. The average molecular weight is 426 g/mol. The summed E-state index contributed by atoms with van der Waals surface area (Å²) in [5.41, 5.74) is 0.875. The number of amides is 1. The van der Waals surface area contributed by atoms with E-state index in [1.54, 1.807) is 7.11 Å². The van der Waals surface area contributed by atoms with Crippen LogP contribution in [0, 0.1) is 5.92 Å². The molecule has 1 fully saturated rings. The van der Waals surface area contributed by atoms with E-state index in [2.05, 4.69) is 15.5 Å². The van der Waals surface area contributed by atoms with Crippen LogP contribution in [0.1, 0.15) is 12.8 Å². The van der Waals surface area contributed by atoms with Crippen LogP contribution in [0.15, 0.2) is 24.3 Å². The normalized spacial score (nSPS) is 18.2. The molecule has 0 bridgehead atoms. The molecule has 1 saturated heterocycles. The Labute approximate surface area is 168 Å². The maximum absolute atomic E-state index is 12.6. The first-order valence-corrected chi connectivity index (χ1v) is 11.0. The number of rotatable bonds is 6. The van der Waals surface area contributed by atoms with Gasteiger partial charge in [-0.3, -0.25) is 4.79 Å². The van der Waals surface area contributed by atoms with Crippen LogP contribution in [0.5, 0.6) is 5.75 Å². The van der Waals surface area contributed by atoms with Crippen LogP contribution >= 0.6 is 11.3 Å². The Kier molecular flexibility index (Phi) is 6.28. The summed E-state index contributed by atoms with van der Waals surface area (Å²) in [6.45, 7) is 0.585. The maximum atomic E-state index is 12.6. The van der Waals surface area contributed by atoms with Gasteiger partial charge >= 0.3 is 0 Å². The predicted molar refractivity (Wildman–Crippen MR) is 107 cm³/mol. The van der Waals surface area contributed by atoms with Crippen LogP contribution in [-0.2, 0) is 15.0 Å². The van der Waals surface area contributed by atoms with Crippen molar-refractivity contribution in [1.82, 2.24) is 18.8 Å². The predicted octanol–water partition coefficient (Wildman–Crippen LogP) is 1.67. The first-order chi connectivity index (χ1) is 13.3. The number of hydrogen-bond acceptors (Lipinski definition) is 7. The van der Waals surface area contributed by atoms with Gasteiger partial charge in [0, 0.05) is 32.7 Å².